The van der Waals surface area contributed by atoms with E-state index in [0.29, 0.717) is 0 Å². The standard InChI is InChI=1S/C44H33N3/c1-44(2)37-17-8-6-15-34(37)35-27-26-33(29-38(35)44)46(31-13-4-3-5-14-31)41-20-12-21-42-43(41)36-16-7-9-19-40(36)47(42)32-24-22-30(23-25-32)39-18-10-11-28-45-39/h3-29H,1-2H3. The summed E-state index contributed by atoms with van der Waals surface area (Å²) in [6, 6.07) is 56.9. The van der Waals surface area contributed by atoms with Gasteiger partial charge in [-0.2, -0.15) is 0 Å². The van der Waals surface area contributed by atoms with Gasteiger partial charge in [0.1, 0.15) is 0 Å². The van der Waals surface area contributed by atoms with Gasteiger partial charge in [-0.15, -0.1) is 0 Å². The smallest absolute Gasteiger partial charge is 0.0701 e. The number of nitrogens with zero attached hydrogens (tertiary/aromatic N) is 3. The summed E-state index contributed by atoms with van der Waals surface area (Å²) in [5, 5.41) is 2.45. The lowest BCUT2D eigenvalue weighted by Gasteiger charge is -2.28. The molecule has 224 valence electrons. The lowest BCUT2D eigenvalue weighted by molar-refractivity contribution is 0.660. The first-order valence-corrected chi connectivity index (χ1v) is 16.2. The van der Waals surface area contributed by atoms with E-state index in [4.69, 9.17) is 0 Å². The van der Waals surface area contributed by atoms with Crippen LogP contribution in [0.3, 0.4) is 0 Å². The minimum absolute atomic E-state index is 0.0895. The third-order valence-electron chi connectivity index (χ3n) is 9.84. The summed E-state index contributed by atoms with van der Waals surface area (Å²) < 4.78 is 2.39. The first-order chi connectivity index (χ1) is 23.1. The van der Waals surface area contributed by atoms with Crippen LogP contribution in [0.5, 0.6) is 0 Å². The zero-order chi connectivity index (χ0) is 31.5. The van der Waals surface area contributed by atoms with Gasteiger partial charge in [-0.05, 0) is 89.0 Å². The van der Waals surface area contributed by atoms with E-state index >= 15 is 0 Å². The zero-order valence-corrected chi connectivity index (χ0v) is 26.4. The van der Waals surface area contributed by atoms with Crippen LogP contribution in [0.1, 0.15) is 25.0 Å². The molecule has 3 nitrogen and oxygen atoms in total. The summed E-state index contributed by atoms with van der Waals surface area (Å²) >= 11 is 0. The van der Waals surface area contributed by atoms with Crippen molar-refractivity contribution in [1.82, 2.24) is 9.55 Å². The van der Waals surface area contributed by atoms with Crippen molar-refractivity contribution in [2.75, 3.05) is 4.90 Å². The van der Waals surface area contributed by atoms with Gasteiger partial charge >= 0.3 is 0 Å². The Morgan fingerprint density at radius 1 is 0.553 bits per heavy atom. The second kappa shape index (κ2) is 10.6. The SMILES string of the molecule is CC1(C)c2ccccc2-c2ccc(N(c3ccccc3)c3cccc4c3c3ccccc3n4-c3ccc(-c4ccccn4)cc3)cc21. The van der Waals surface area contributed by atoms with E-state index in [0.717, 1.165) is 34.0 Å². The van der Waals surface area contributed by atoms with Crippen molar-refractivity contribution >= 4 is 38.9 Å². The number of hydrogen-bond acceptors (Lipinski definition) is 2. The van der Waals surface area contributed by atoms with Gasteiger partial charge in [-0.25, -0.2) is 0 Å². The molecule has 0 aliphatic heterocycles. The molecule has 6 aromatic carbocycles. The van der Waals surface area contributed by atoms with Gasteiger partial charge in [-0.1, -0.05) is 105 Å². The molecule has 0 spiro atoms. The Hall–Kier alpha value is -5.93. The number of anilines is 3. The number of hydrogen-bond donors (Lipinski definition) is 0. The van der Waals surface area contributed by atoms with Crippen LogP contribution in [0.4, 0.5) is 17.1 Å². The van der Waals surface area contributed by atoms with Crippen LogP contribution in [-0.4, -0.2) is 9.55 Å². The molecular formula is C44H33N3. The lowest BCUT2D eigenvalue weighted by atomic mass is 9.82. The van der Waals surface area contributed by atoms with Crippen LogP contribution >= 0.6 is 0 Å². The average Bonchev–Trinajstić information content (AvgIpc) is 3.58. The molecule has 0 amide bonds. The van der Waals surface area contributed by atoms with Crippen molar-refractivity contribution < 1.29 is 0 Å². The van der Waals surface area contributed by atoms with Crippen molar-refractivity contribution in [2.45, 2.75) is 19.3 Å². The molecule has 47 heavy (non-hydrogen) atoms. The molecule has 0 saturated heterocycles. The second-order valence-corrected chi connectivity index (χ2v) is 12.9. The fourth-order valence-corrected chi connectivity index (χ4v) is 7.62. The van der Waals surface area contributed by atoms with E-state index < -0.39 is 0 Å². The van der Waals surface area contributed by atoms with Crippen molar-refractivity contribution in [1.29, 1.82) is 0 Å². The third kappa shape index (κ3) is 4.24. The summed E-state index contributed by atoms with van der Waals surface area (Å²) in [4.78, 5) is 6.99. The predicted octanol–water partition coefficient (Wildman–Crippen LogP) is 11.6. The normalized spacial score (nSPS) is 13.1. The van der Waals surface area contributed by atoms with Gasteiger partial charge in [0.25, 0.3) is 0 Å². The summed E-state index contributed by atoms with van der Waals surface area (Å²) in [5.41, 5.74) is 14.3. The molecule has 3 heteroatoms. The topological polar surface area (TPSA) is 21.1 Å². The van der Waals surface area contributed by atoms with E-state index in [1.807, 2.05) is 18.3 Å². The highest BCUT2D eigenvalue weighted by Crippen LogP contribution is 2.51. The molecule has 8 aromatic rings. The number of rotatable bonds is 5. The lowest BCUT2D eigenvalue weighted by Crippen LogP contribution is -2.16. The highest BCUT2D eigenvalue weighted by molar-refractivity contribution is 6.16. The molecule has 0 unspecified atom stereocenters. The highest BCUT2D eigenvalue weighted by Gasteiger charge is 2.36. The van der Waals surface area contributed by atoms with Crippen LogP contribution in [0.25, 0.3) is 49.9 Å². The van der Waals surface area contributed by atoms with Gasteiger partial charge in [0.05, 0.1) is 22.4 Å². The van der Waals surface area contributed by atoms with Crippen LogP contribution in [0.2, 0.25) is 0 Å². The summed E-state index contributed by atoms with van der Waals surface area (Å²) in [6.45, 7) is 4.70. The van der Waals surface area contributed by atoms with Crippen LogP contribution in [0, 0.1) is 0 Å². The van der Waals surface area contributed by atoms with Crippen molar-refractivity contribution in [3.63, 3.8) is 0 Å². The van der Waals surface area contributed by atoms with Gasteiger partial charge in [0.15, 0.2) is 0 Å². The van der Waals surface area contributed by atoms with Crippen molar-refractivity contribution in [3.05, 3.63) is 175 Å². The fraction of sp³-hybridized carbons (Fsp3) is 0.0682. The van der Waals surface area contributed by atoms with E-state index in [2.05, 4.69) is 174 Å². The summed E-state index contributed by atoms with van der Waals surface area (Å²) in [7, 11) is 0. The van der Waals surface area contributed by atoms with Crippen molar-refractivity contribution in [3.8, 4) is 28.1 Å². The van der Waals surface area contributed by atoms with Gasteiger partial charge < -0.3 is 9.47 Å². The largest absolute Gasteiger partial charge is 0.310 e. The molecule has 1 aliphatic carbocycles. The highest BCUT2D eigenvalue weighted by atomic mass is 15.1. The molecule has 0 fully saturated rings. The van der Waals surface area contributed by atoms with E-state index in [9.17, 15) is 0 Å². The van der Waals surface area contributed by atoms with Crippen molar-refractivity contribution in [2.24, 2.45) is 0 Å². The molecule has 2 heterocycles. The number of benzene rings is 6. The predicted molar refractivity (Wildman–Crippen MR) is 196 cm³/mol. The fourth-order valence-electron chi connectivity index (χ4n) is 7.62. The van der Waals surface area contributed by atoms with Crippen LogP contribution in [-0.2, 0) is 5.41 Å². The minimum atomic E-state index is -0.0895. The molecule has 0 saturated carbocycles. The van der Waals surface area contributed by atoms with Crippen LogP contribution in [0.15, 0.2) is 164 Å². The Kier molecular flexibility index (Phi) is 6.16. The Balaban J connectivity index is 1.26. The Bertz CT molecular complexity index is 2420. The number of pyridine rings is 1. The van der Waals surface area contributed by atoms with E-state index in [1.54, 1.807) is 0 Å². The maximum atomic E-state index is 4.56. The van der Waals surface area contributed by atoms with Gasteiger partial charge in [0, 0.05) is 45.0 Å². The molecule has 0 atom stereocenters. The number of para-hydroxylation sites is 2. The summed E-state index contributed by atoms with van der Waals surface area (Å²) in [6.07, 6.45) is 1.84. The molecular weight excluding hydrogens is 571 g/mol. The minimum Gasteiger partial charge on any atom is -0.310 e. The van der Waals surface area contributed by atoms with Gasteiger partial charge in [0.2, 0.25) is 0 Å². The molecule has 0 N–H and O–H groups in total. The number of aromatic nitrogens is 2. The van der Waals surface area contributed by atoms with Crippen LogP contribution < -0.4 is 4.90 Å². The monoisotopic (exact) mass is 603 g/mol. The first-order valence-electron chi connectivity index (χ1n) is 16.2. The Morgan fingerprint density at radius 3 is 2.11 bits per heavy atom. The molecule has 0 bridgehead atoms. The Morgan fingerprint density at radius 2 is 1.28 bits per heavy atom. The third-order valence-corrected chi connectivity index (χ3v) is 9.84. The summed E-state index contributed by atoms with van der Waals surface area (Å²) in [5.74, 6) is 0. The zero-order valence-electron chi connectivity index (χ0n) is 26.4. The van der Waals surface area contributed by atoms with E-state index in [1.165, 1.54) is 44.1 Å². The molecule has 9 rings (SSSR count). The van der Waals surface area contributed by atoms with Gasteiger partial charge in [-0.3, -0.25) is 4.98 Å². The second-order valence-electron chi connectivity index (χ2n) is 12.9. The average molecular weight is 604 g/mol. The number of fused-ring (bicyclic) bond motifs is 6. The maximum absolute atomic E-state index is 4.56. The van der Waals surface area contributed by atoms with E-state index in [-0.39, 0.29) is 5.41 Å². The maximum Gasteiger partial charge on any atom is 0.0701 e. The first kappa shape index (κ1) is 27.4. The molecule has 1 aliphatic rings. The molecule has 2 aromatic heterocycles. The quantitative estimate of drug-likeness (QED) is 0.195. The molecule has 0 radical (unpaired) electrons. The Labute approximate surface area is 275 Å².